The molecule has 2 unspecified atom stereocenters. The van der Waals surface area contributed by atoms with Crippen LogP contribution in [0.15, 0.2) is 24.3 Å². The van der Waals surface area contributed by atoms with Gasteiger partial charge in [-0.25, -0.2) is 0 Å². The molecule has 0 aromatic heterocycles. The zero-order valence-corrected chi connectivity index (χ0v) is 12.2. The van der Waals surface area contributed by atoms with E-state index in [4.69, 9.17) is 4.74 Å². The lowest BCUT2D eigenvalue weighted by atomic mass is 9.91. The highest BCUT2D eigenvalue weighted by Crippen LogP contribution is 2.17. The number of hydrogen-bond acceptors (Lipinski definition) is 2. The molecule has 1 aromatic carbocycles. The lowest BCUT2D eigenvalue weighted by molar-refractivity contribution is 0.357. The number of ether oxygens (including phenoxy) is 1. The van der Waals surface area contributed by atoms with Gasteiger partial charge in [-0.1, -0.05) is 39.3 Å². The Kier molecular flexibility index (Phi) is 6.81. The molecule has 0 aliphatic rings. The molecule has 1 N–H and O–H groups in total. The van der Waals surface area contributed by atoms with E-state index in [0.717, 1.165) is 24.6 Å². The van der Waals surface area contributed by atoms with Gasteiger partial charge in [-0.05, 0) is 43.0 Å². The van der Waals surface area contributed by atoms with Crippen LogP contribution in [-0.4, -0.2) is 19.7 Å². The zero-order chi connectivity index (χ0) is 13.4. The molecule has 0 bridgehead atoms. The van der Waals surface area contributed by atoms with Crippen LogP contribution < -0.4 is 10.1 Å². The Labute approximate surface area is 112 Å². The van der Waals surface area contributed by atoms with Crippen LogP contribution >= 0.6 is 0 Å². The van der Waals surface area contributed by atoms with Crippen LogP contribution in [0.3, 0.4) is 0 Å². The topological polar surface area (TPSA) is 21.3 Å². The number of likely N-dealkylation sites (N-methyl/N-ethyl adjacent to an activating group) is 1. The minimum absolute atomic E-state index is 0.573. The van der Waals surface area contributed by atoms with Crippen LogP contribution in [0.2, 0.25) is 0 Å². The fourth-order valence-electron chi connectivity index (χ4n) is 2.41. The van der Waals surface area contributed by atoms with Crippen molar-refractivity contribution in [3.8, 4) is 5.75 Å². The van der Waals surface area contributed by atoms with Crippen molar-refractivity contribution in [3.05, 3.63) is 29.8 Å². The van der Waals surface area contributed by atoms with E-state index in [0.29, 0.717) is 6.04 Å². The maximum Gasteiger partial charge on any atom is 0.118 e. The summed E-state index contributed by atoms with van der Waals surface area (Å²) in [4.78, 5) is 0. The first kappa shape index (κ1) is 15.0. The van der Waals surface area contributed by atoms with E-state index in [1.165, 1.54) is 18.4 Å². The molecule has 0 aliphatic heterocycles. The van der Waals surface area contributed by atoms with E-state index < -0.39 is 0 Å². The Bertz CT molecular complexity index is 320. The van der Waals surface area contributed by atoms with Gasteiger partial charge in [0.2, 0.25) is 0 Å². The summed E-state index contributed by atoms with van der Waals surface area (Å²) in [6.45, 7) is 7.82. The summed E-state index contributed by atoms with van der Waals surface area (Å²) < 4.78 is 5.19. The molecule has 1 rings (SSSR count). The van der Waals surface area contributed by atoms with Crippen molar-refractivity contribution < 1.29 is 4.74 Å². The maximum atomic E-state index is 5.19. The predicted octanol–water partition coefficient (Wildman–Crippen LogP) is 3.65. The molecular weight excluding hydrogens is 222 g/mol. The third-order valence-electron chi connectivity index (χ3n) is 3.51. The summed E-state index contributed by atoms with van der Waals surface area (Å²) in [6, 6.07) is 9.00. The molecule has 2 nitrogen and oxygen atoms in total. The molecule has 0 aliphatic carbocycles. The summed E-state index contributed by atoms with van der Waals surface area (Å²) in [6.07, 6.45) is 3.64. The fraction of sp³-hybridized carbons (Fsp3) is 0.625. The highest BCUT2D eigenvalue weighted by Gasteiger charge is 2.15. The van der Waals surface area contributed by atoms with Crippen molar-refractivity contribution in [2.45, 2.75) is 46.1 Å². The van der Waals surface area contributed by atoms with Crippen molar-refractivity contribution >= 4 is 0 Å². The van der Waals surface area contributed by atoms with Crippen molar-refractivity contribution in [2.75, 3.05) is 13.7 Å². The van der Waals surface area contributed by atoms with Crippen molar-refractivity contribution in [1.82, 2.24) is 5.32 Å². The Morgan fingerprint density at radius 2 is 1.83 bits per heavy atom. The Morgan fingerprint density at radius 3 is 2.33 bits per heavy atom. The van der Waals surface area contributed by atoms with Gasteiger partial charge in [0.1, 0.15) is 5.75 Å². The van der Waals surface area contributed by atoms with E-state index in [9.17, 15) is 0 Å². The normalized spacial score (nSPS) is 14.2. The minimum Gasteiger partial charge on any atom is -0.497 e. The first-order chi connectivity index (χ1) is 8.71. The van der Waals surface area contributed by atoms with Gasteiger partial charge in [-0.2, -0.15) is 0 Å². The first-order valence-corrected chi connectivity index (χ1v) is 7.07. The van der Waals surface area contributed by atoms with Gasteiger partial charge in [0.25, 0.3) is 0 Å². The molecule has 2 atom stereocenters. The second kappa shape index (κ2) is 8.15. The largest absolute Gasteiger partial charge is 0.497 e. The summed E-state index contributed by atoms with van der Waals surface area (Å²) in [5, 5.41) is 3.61. The Morgan fingerprint density at radius 1 is 1.17 bits per heavy atom. The smallest absolute Gasteiger partial charge is 0.118 e. The first-order valence-electron chi connectivity index (χ1n) is 7.07. The van der Waals surface area contributed by atoms with Gasteiger partial charge in [-0.15, -0.1) is 0 Å². The van der Waals surface area contributed by atoms with Crippen molar-refractivity contribution in [2.24, 2.45) is 5.92 Å². The predicted molar refractivity (Wildman–Crippen MR) is 78.2 cm³/mol. The van der Waals surface area contributed by atoms with Gasteiger partial charge in [-0.3, -0.25) is 0 Å². The maximum absolute atomic E-state index is 5.19. The van der Waals surface area contributed by atoms with Crippen LogP contribution in [0, 0.1) is 5.92 Å². The van der Waals surface area contributed by atoms with Crippen LogP contribution in [0.5, 0.6) is 5.75 Å². The number of methoxy groups -OCH3 is 1. The summed E-state index contributed by atoms with van der Waals surface area (Å²) in [5.41, 5.74) is 1.38. The molecule has 0 spiro atoms. The number of benzene rings is 1. The molecule has 102 valence electrons. The molecule has 0 radical (unpaired) electrons. The van der Waals surface area contributed by atoms with Crippen LogP contribution in [0.25, 0.3) is 0 Å². The van der Waals surface area contributed by atoms with Crippen LogP contribution in [-0.2, 0) is 6.42 Å². The summed E-state index contributed by atoms with van der Waals surface area (Å²) >= 11 is 0. The molecule has 0 saturated carbocycles. The van der Waals surface area contributed by atoms with Crippen molar-refractivity contribution in [1.29, 1.82) is 0 Å². The third kappa shape index (κ3) is 4.69. The zero-order valence-electron chi connectivity index (χ0n) is 12.2. The summed E-state index contributed by atoms with van der Waals surface area (Å²) in [7, 11) is 1.71. The molecule has 2 heteroatoms. The Hall–Kier alpha value is -1.02. The van der Waals surface area contributed by atoms with E-state index in [-0.39, 0.29) is 0 Å². The quantitative estimate of drug-likeness (QED) is 0.759. The average molecular weight is 249 g/mol. The standard InChI is InChI=1S/C16H27NO/c1-5-7-13(3)16(17-6-2)12-14-8-10-15(18-4)11-9-14/h8-11,13,16-17H,5-7,12H2,1-4H3. The molecule has 0 fully saturated rings. The number of hydrogen-bond donors (Lipinski definition) is 1. The molecule has 18 heavy (non-hydrogen) atoms. The summed E-state index contributed by atoms with van der Waals surface area (Å²) in [5.74, 6) is 1.65. The molecular formula is C16H27NO. The van der Waals surface area contributed by atoms with E-state index in [1.807, 2.05) is 12.1 Å². The molecule has 0 amide bonds. The van der Waals surface area contributed by atoms with Gasteiger partial charge in [0.05, 0.1) is 7.11 Å². The third-order valence-corrected chi connectivity index (χ3v) is 3.51. The SMILES string of the molecule is CCCC(C)C(Cc1ccc(OC)cc1)NCC. The Balaban J connectivity index is 2.63. The lowest BCUT2D eigenvalue weighted by Gasteiger charge is -2.24. The van der Waals surface area contributed by atoms with Gasteiger partial charge in [0.15, 0.2) is 0 Å². The average Bonchev–Trinajstić information content (AvgIpc) is 2.39. The van der Waals surface area contributed by atoms with Gasteiger partial charge >= 0.3 is 0 Å². The number of rotatable bonds is 8. The monoisotopic (exact) mass is 249 g/mol. The van der Waals surface area contributed by atoms with Crippen molar-refractivity contribution in [3.63, 3.8) is 0 Å². The van der Waals surface area contributed by atoms with Crippen LogP contribution in [0.4, 0.5) is 0 Å². The van der Waals surface area contributed by atoms with Crippen LogP contribution in [0.1, 0.15) is 39.2 Å². The second-order valence-electron chi connectivity index (χ2n) is 4.98. The van der Waals surface area contributed by atoms with E-state index in [1.54, 1.807) is 7.11 Å². The van der Waals surface area contributed by atoms with E-state index in [2.05, 4.69) is 38.2 Å². The molecule has 0 heterocycles. The van der Waals surface area contributed by atoms with Gasteiger partial charge < -0.3 is 10.1 Å². The van der Waals surface area contributed by atoms with Gasteiger partial charge in [0, 0.05) is 6.04 Å². The highest BCUT2D eigenvalue weighted by molar-refractivity contribution is 5.27. The highest BCUT2D eigenvalue weighted by atomic mass is 16.5. The molecule has 0 saturated heterocycles. The second-order valence-corrected chi connectivity index (χ2v) is 4.98. The lowest BCUT2D eigenvalue weighted by Crippen LogP contribution is -2.36. The minimum atomic E-state index is 0.573. The number of nitrogens with one attached hydrogen (secondary N) is 1. The molecule has 1 aromatic rings. The van der Waals surface area contributed by atoms with E-state index >= 15 is 0 Å². The fourth-order valence-corrected chi connectivity index (χ4v) is 2.41.